The Morgan fingerprint density at radius 1 is 0.933 bits per heavy atom. The van der Waals surface area contributed by atoms with E-state index < -0.39 is 26.4 Å². The van der Waals surface area contributed by atoms with Crippen LogP contribution in [0, 0.1) is 0 Å². The fourth-order valence-corrected chi connectivity index (χ4v) is 3.68. The average molecular weight is 439 g/mol. The van der Waals surface area contributed by atoms with Crippen LogP contribution in [0.1, 0.15) is 12.5 Å². The number of benzene rings is 2. The Morgan fingerprint density at radius 3 is 2.00 bits per heavy atom. The molecule has 0 aliphatic heterocycles. The molecular formula is C20H23F2N3O4S. The average Bonchev–Trinajstić information content (AvgIpc) is 2.68. The number of nitrogens with one attached hydrogen (secondary N) is 2. The normalized spacial score (nSPS) is 11.5. The number of sulfone groups is 1. The van der Waals surface area contributed by atoms with Crippen LogP contribution in [0.3, 0.4) is 0 Å². The predicted molar refractivity (Wildman–Crippen MR) is 110 cm³/mol. The fourth-order valence-electron chi connectivity index (χ4n) is 2.79. The van der Waals surface area contributed by atoms with Crippen molar-refractivity contribution in [1.82, 2.24) is 4.90 Å². The van der Waals surface area contributed by atoms with E-state index in [-0.39, 0.29) is 24.7 Å². The number of alkyl halides is 2. The highest BCUT2D eigenvalue weighted by molar-refractivity contribution is 7.91. The second kappa shape index (κ2) is 10.3. The van der Waals surface area contributed by atoms with Gasteiger partial charge in [0.25, 0.3) is 0 Å². The number of carbonyl (C=O) groups excluding carboxylic acids is 2. The molecule has 0 aromatic heterocycles. The first kappa shape index (κ1) is 23.4. The molecule has 0 fully saturated rings. The van der Waals surface area contributed by atoms with Gasteiger partial charge < -0.3 is 10.6 Å². The highest BCUT2D eigenvalue weighted by atomic mass is 32.2. The molecule has 0 spiro atoms. The summed E-state index contributed by atoms with van der Waals surface area (Å²) in [7, 11) is -3.33. The Balaban J connectivity index is 1.98. The zero-order valence-corrected chi connectivity index (χ0v) is 17.4. The maximum absolute atomic E-state index is 12.8. The highest BCUT2D eigenvalue weighted by Crippen LogP contribution is 2.26. The van der Waals surface area contributed by atoms with Gasteiger partial charge >= 0.3 is 5.76 Å². The lowest BCUT2D eigenvalue weighted by Crippen LogP contribution is -2.36. The van der Waals surface area contributed by atoms with E-state index in [9.17, 15) is 26.8 Å². The fraction of sp³-hybridized carbons (Fsp3) is 0.300. The summed E-state index contributed by atoms with van der Waals surface area (Å²) in [5, 5.41) is 5.10. The lowest BCUT2D eigenvalue weighted by atomic mass is 10.1. The number of para-hydroxylation sites is 2. The van der Waals surface area contributed by atoms with Gasteiger partial charge in [0.05, 0.1) is 23.7 Å². The number of carbonyl (C=O) groups is 2. The zero-order chi connectivity index (χ0) is 22.3. The summed E-state index contributed by atoms with van der Waals surface area (Å²) < 4.78 is 49.2. The van der Waals surface area contributed by atoms with Crippen molar-refractivity contribution in [2.75, 3.05) is 30.8 Å². The number of aryl methyl sites for hydroxylation is 1. The van der Waals surface area contributed by atoms with E-state index in [2.05, 4.69) is 10.6 Å². The molecule has 30 heavy (non-hydrogen) atoms. The highest BCUT2D eigenvalue weighted by Gasteiger charge is 2.29. The second-order valence-corrected chi connectivity index (χ2v) is 8.47. The number of hydrogen-bond acceptors (Lipinski definition) is 5. The van der Waals surface area contributed by atoms with E-state index in [1.807, 2.05) is 19.1 Å². The minimum absolute atomic E-state index is 0.0948. The molecule has 7 nitrogen and oxygen atoms in total. The van der Waals surface area contributed by atoms with Crippen LogP contribution in [0.5, 0.6) is 0 Å². The Kier molecular flexibility index (Phi) is 8.01. The molecule has 0 heterocycles. The van der Waals surface area contributed by atoms with Crippen molar-refractivity contribution >= 4 is 33.0 Å². The van der Waals surface area contributed by atoms with Crippen LogP contribution in [-0.4, -0.2) is 51.0 Å². The van der Waals surface area contributed by atoms with Crippen LogP contribution < -0.4 is 10.6 Å². The van der Waals surface area contributed by atoms with Gasteiger partial charge in [0, 0.05) is 5.69 Å². The van der Waals surface area contributed by atoms with Gasteiger partial charge in [-0.2, -0.15) is 8.78 Å². The SMILES string of the molecule is CCc1ccccc1NC(=O)CN(C)CC(=O)Nc1ccccc1S(=O)(=O)C(F)F. The first-order valence-electron chi connectivity index (χ1n) is 9.12. The van der Waals surface area contributed by atoms with Crippen LogP contribution >= 0.6 is 0 Å². The smallest absolute Gasteiger partial charge is 0.325 e. The molecule has 162 valence electrons. The topological polar surface area (TPSA) is 95.6 Å². The van der Waals surface area contributed by atoms with Gasteiger partial charge in [0.2, 0.25) is 21.7 Å². The van der Waals surface area contributed by atoms with Gasteiger partial charge in [0.1, 0.15) is 0 Å². The molecule has 2 aromatic carbocycles. The van der Waals surface area contributed by atoms with Crippen LogP contribution in [0.15, 0.2) is 53.4 Å². The number of hydrogen-bond donors (Lipinski definition) is 2. The minimum Gasteiger partial charge on any atom is -0.325 e. The van der Waals surface area contributed by atoms with E-state index in [4.69, 9.17) is 0 Å². The van der Waals surface area contributed by atoms with E-state index in [1.165, 1.54) is 30.1 Å². The lowest BCUT2D eigenvalue weighted by molar-refractivity contribution is -0.119. The van der Waals surface area contributed by atoms with Crippen molar-refractivity contribution in [3.8, 4) is 0 Å². The molecule has 0 atom stereocenters. The second-order valence-electron chi connectivity index (χ2n) is 6.58. The van der Waals surface area contributed by atoms with E-state index in [0.29, 0.717) is 5.69 Å². The Morgan fingerprint density at radius 2 is 1.43 bits per heavy atom. The first-order valence-corrected chi connectivity index (χ1v) is 10.7. The molecule has 0 saturated heterocycles. The van der Waals surface area contributed by atoms with Gasteiger partial charge in [-0.1, -0.05) is 37.3 Å². The zero-order valence-electron chi connectivity index (χ0n) is 16.6. The Hall–Kier alpha value is -2.85. The first-order chi connectivity index (χ1) is 14.1. The molecule has 0 saturated carbocycles. The van der Waals surface area contributed by atoms with Crippen molar-refractivity contribution in [2.45, 2.75) is 24.0 Å². The summed E-state index contributed by atoms with van der Waals surface area (Å²) in [5.41, 5.74) is 1.43. The number of halogens is 2. The maximum atomic E-state index is 12.8. The molecule has 2 rings (SSSR count). The van der Waals surface area contributed by atoms with Crippen LogP contribution in [0.2, 0.25) is 0 Å². The summed E-state index contributed by atoms with van der Waals surface area (Å²) in [6, 6.07) is 12.3. The monoisotopic (exact) mass is 439 g/mol. The molecule has 10 heteroatoms. The van der Waals surface area contributed by atoms with Crippen molar-refractivity contribution < 1.29 is 26.8 Å². The molecule has 2 amide bonds. The van der Waals surface area contributed by atoms with Gasteiger partial charge in [-0.15, -0.1) is 0 Å². The molecule has 0 bridgehead atoms. The summed E-state index contributed by atoms with van der Waals surface area (Å²) in [6.45, 7) is 1.63. The molecule has 0 aliphatic carbocycles. The molecule has 0 aliphatic rings. The number of amides is 2. The van der Waals surface area contributed by atoms with Crippen molar-refractivity contribution in [3.63, 3.8) is 0 Å². The van der Waals surface area contributed by atoms with Crippen molar-refractivity contribution in [3.05, 3.63) is 54.1 Å². The summed E-state index contributed by atoms with van der Waals surface area (Å²) in [6.07, 6.45) is 0.746. The number of anilines is 2. The van der Waals surface area contributed by atoms with Gasteiger partial charge in [0.15, 0.2) is 0 Å². The lowest BCUT2D eigenvalue weighted by Gasteiger charge is -2.17. The standard InChI is InChI=1S/C20H23F2N3O4S/c1-3-14-8-4-5-9-15(14)23-18(26)12-25(2)13-19(27)24-16-10-6-7-11-17(16)30(28,29)20(21)22/h4-11,20H,3,12-13H2,1-2H3,(H,23,26)(H,24,27). The van der Waals surface area contributed by atoms with Crippen LogP contribution in [0.4, 0.5) is 20.2 Å². The summed E-state index contributed by atoms with van der Waals surface area (Å²) in [4.78, 5) is 25.2. The quantitative estimate of drug-likeness (QED) is 0.627. The van der Waals surface area contributed by atoms with Crippen LogP contribution in [-0.2, 0) is 25.8 Å². The molecule has 0 unspecified atom stereocenters. The third kappa shape index (κ3) is 6.07. The van der Waals surface area contributed by atoms with E-state index in [0.717, 1.165) is 18.1 Å². The Bertz CT molecular complexity index is 1010. The van der Waals surface area contributed by atoms with Gasteiger partial charge in [-0.3, -0.25) is 14.5 Å². The summed E-state index contributed by atoms with van der Waals surface area (Å²) in [5.74, 6) is -4.57. The largest absolute Gasteiger partial charge is 0.341 e. The van der Waals surface area contributed by atoms with Crippen molar-refractivity contribution in [2.24, 2.45) is 0 Å². The van der Waals surface area contributed by atoms with Crippen molar-refractivity contribution in [1.29, 1.82) is 0 Å². The minimum atomic E-state index is -4.87. The maximum Gasteiger partial charge on any atom is 0.341 e. The van der Waals surface area contributed by atoms with Gasteiger partial charge in [-0.25, -0.2) is 8.42 Å². The molecule has 2 N–H and O–H groups in total. The predicted octanol–water partition coefficient (Wildman–Crippen LogP) is 2.75. The molecule has 0 radical (unpaired) electrons. The molecular weight excluding hydrogens is 416 g/mol. The third-order valence-corrected chi connectivity index (χ3v) is 5.64. The van der Waals surface area contributed by atoms with E-state index >= 15 is 0 Å². The van der Waals surface area contributed by atoms with E-state index in [1.54, 1.807) is 12.1 Å². The molecule has 2 aromatic rings. The van der Waals surface area contributed by atoms with Gasteiger partial charge in [-0.05, 0) is 37.2 Å². The summed E-state index contributed by atoms with van der Waals surface area (Å²) >= 11 is 0. The third-order valence-electron chi connectivity index (χ3n) is 4.20. The number of rotatable bonds is 9. The van der Waals surface area contributed by atoms with Crippen LogP contribution in [0.25, 0.3) is 0 Å². The Labute approximate surface area is 174 Å². The number of likely N-dealkylation sites (N-methyl/N-ethyl adjacent to an activating group) is 1. The number of nitrogens with zero attached hydrogens (tertiary/aromatic N) is 1.